The number of ether oxygens (including phenoxy) is 6. The maximum atomic E-state index is 13.2. The van der Waals surface area contributed by atoms with E-state index in [2.05, 4.69) is 45.2 Å². The van der Waals surface area contributed by atoms with E-state index in [9.17, 15) is 34.5 Å². The molecule has 0 spiro atoms. The molecular formula is C38H54O13. The van der Waals surface area contributed by atoms with Gasteiger partial charge in [-0.2, -0.15) is 0 Å². The first-order valence-electron chi connectivity index (χ1n) is 17.5. The summed E-state index contributed by atoms with van der Waals surface area (Å²) in [5.74, 6) is -1.91. The average molecular weight is 719 g/mol. The summed E-state index contributed by atoms with van der Waals surface area (Å²) < 4.78 is 32.1. The topological polar surface area (TPSA) is 184 Å². The number of carbonyl (C=O) groups is 4. The molecule has 1 saturated heterocycles. The Morgan fingerprint density at radius 1 is 1.02 bits per heavy atom. The number of allylic oxidation sites excluding steroid dienone is 3. The molecule has 0 bridgehead atoms. The van der Waals surface area contributed by atoms with Gasteiger partial charge in [-0.3, -0.25) is 4.79 Å². The third-order valence-electron chi connectivity index (χ3n) is 9.72. The lowest BCUT2D eigenvalue weighted by Crippen LogP contribution is -2.60. The van der Waals surface area contributed by atoms with Crippen molar-refractivity contribution in [3.8, 4) is 0 Å². The molecule has 51 heavy (non-hydrogen) atoms. The van der Waals surface area contributed by atoms with Crippen molar-refractivity contribution in [3.63, 3.8) is 0 Å². The van der Waals surface area contributed by atoms with Gasteiger partial charge in [0.2, 0.25) is 6.29 Å². The summed E-state index contributed by atoms with van der Waals surface area (Å²) in [6, 6.07) is 0. The van der Waals surface area contributed by atoms with Crippen molar-refractivity contribution in [3.05, 3.63) is 61.3 Å². The molecule has 0 aromatic rings. The van der Waals surface area contributed by atoms with Crippen molar-refractivity contribution in [1.29, 1.82) is 0 Å². The van der Waals surface area contributed by atoms with Crippen LogP contribution in [0.25, 0.3) is 0 Å². The molecule has 1 heterocycles. The van der Waals surface area contributed by atoms with Crippen LogP contribution in [-0.4, -0.2) is 95.5 Å². The first-order chi connectivity index (χ1) is 24.1. The van der Waals surface area contributed by atoms with Gasteiger partial charge in [0.1, 0.15) is 43.7 Å². The molecule has 2 aliphatic carbocycles. The third-order valence-corrected chi connectivity index (χ3v) is 9.72. The van der Waals surface area contributed by atoms with Gasteiger partial charge in [0.15, 0.2) is 6.10 Å². The van der Waals surface area contributed by atoms with Gasteiger partial charge in [0, 0.05) is 18.4 Å². The van der Waals surface area contributed by atoms with Crippen LogP contribution in [0.2, 0.25) is 0 Å². The molecule has 1 fully saturated rings. The van der Waals surface area contributed by atoms with Crippen LogP contribution in [0, 0.1) is 29.1 Å². The Morgan fingerprint density at radius 2 is 1.71 bits per heavy atom. The molecule has 0 aromatic heterocycles. The normalized spacial score (nSPS) is 31.0. The van der Waals surface area contributed by atoms with E-state index in [0.717, 1.165) is 11.6 Å². The lowest BCUT2D eigenvalue weighted by Gasteiger charge is -2.44. The Labute approximate surface area is 299 Å². The van der Waals surface area contributed by atoms with Gasteiger partial charge >= 0.3 is 24.1 Å². The van der Waals surface area contributed by atoms with Gasteiger partial charge in [-0.25, -0.2) is 14.4 Å². The molecule has 3 rings (SSSR count). The highest BCUT2D eigenvalue weighted by Gasteiger charge is 2.49. The zero-order valence-corrected chi connectivity index (χ0v) is 30.2. The fraction of sp³-hybridized carbons (Fsp3) is 0.632. The Kier molecular flexibility index (Phi) is 15.6. The molecule has 284 valence electrons. The van der Waals surface area contributed by atoms with Crippen molar-refractivity contribution in [2.45, 2.75) is 110 Å². The van der Waals surface area contributed by atoms with Crippen molar-refractivity contribution in [2.75, 3.05) is 13.2 Å². The van der Waals surface area contributed by atoms with Crippen molar-refractivity contribution in [2.24, 2.45) is 29.1 Å². The maximum absolute atomic E-state index is 13.2. The summed E-state index contributed by atoms with van der Waals surface area (Å²) in [6.45, 7) is 16.6. The second kappa shape index (κ2) is 19.2. The number of esters is 3. The number of fused-ring (bicyclic) bond motifs is 1. The number of aliphatic hydroxyl groups is 3. The van der Waals surface area contributed by atoms with E-state index < -0.39 is 60.3 Å². The molecule has 3 unspecified atom stereocenters. The molecule has 0 radical (unpaired) electrons. The second-order valence-corrected chi connectivity index (χ2v) is 14.0. The highest BCUT2D eigenvalue weighted by molar-refractivity contribution is 5.82. The van der Waals surface area contributed by atoms with E-state index in [4.69, 9.17) is 28.4 Å². The number of hydrogen-bond donors (Lipinski definition) is 3. The number of hydrogen-bond acceptors (Lipinski definition) is 13. The number of rotatable bonds is 16. The van der Waals surface area contributed by atoms with Gasteiger partial charge in [-0.15, -0.1) is 0 Å². The van der Waals surface area contributed by atoms with E-state index in [1.807, 2.05) is 20.8 Å². The predicted molar refractivity (Wildman–Crippen MR) is 184 cm³/mol. The highest BCUT2D eigenvalue weighted by atomic mass is 16.7. The van der Waals surface area contributed by atoms with Crippen molar-refractivity contribution in [1.82, 2.24) is 0 Å². The fourth-order valence-corrected chi connectivity index (χ4v) is 6.40. The molecule has 0 amide bonds. The molecule has 11 atom stereocenters. The summed E-state index contributed by atoms with van der Waals surface area (Å²) in [6.07, 6.45) is 2.98. The predicted octanol–water partition coefficient (Wildman–Crippen LogP) is 4.25. The van der Waals surface area contributed by atoms with Crippen LogP contribution < -0.4 is 0 Å². The summed E-state index contributed by atoms with van der Waals surface area (Å²) in [7, 11) is 0. The quantitative estimate of drug-likeness (QED) is 0.0892. The van der Waals surface area contributed by atoms with Crippen LogP contribution in [0.1, 0.15) is 66.7 Å². The number of aliphatic hydroxyl groups excluding tert-OH is 3. The largest absolute Gasteiger partial charge is 0.508 e. The van der Waals surface area contributed by atoms with Crippen LogP contribution in [0.3, 0.4) is 0 Å². The van der Waals surface area contributed by atoms with Gasteiger partial charge in [-0.05, 0) is 62.9 Å². The summed E-state index contributed by atoms with van der Waals surface area (Å²) in [5, 5.41) is 30.7. The Balaban J connectivity index is 1.72. The van der Waals surface area contributed by atoms with Crippen molar-refractivity contribution >= 4 is 24.1 Å². The molecule has 0 saturated carbocycles. The van der Waals surface area contributed by atoms with E-state index in [1.54, 1.807) is 0 Å². The van der Waals surface area contributed by atoms with Crippen LogP contribution >= 0.6 is 0 Å². The van der Waals surface area contributed by atoms with Gasteiger partial charge in [0.05, 0.1) is 5.41 Å². The summed E-state index contributed by atoms with van der Waals surface area (Å²) in [4.78, 5) is 50.6. The fourth-order valence-electron chi connectivity index (χ4n) is 6.40. The average Bonchev–Trinajstić information content (AvgIpc) is 3.09. The molecule has 13 nitrogen and oxygen atoms in total. The zero-order valence-electron chi connectivity index (χ0n) is 30.2. The van der Waals surface area contributed by atoms with Crippen LogP contribution in [0.4, 0.5) is 4.79 Å². The number of carbonyl (C=O) groups excluding carboxylic acids is 4. The molecule has 1 aliphatic heterocycles. The third kappa shape index (κ3) is 11.4. The van der Waals surface area contributed by atoms with E-state index in [0.29, 0.717) is 25.7 Å². The van der Waals surface area contributed by atoms with Gasteiger partial charge in [-0.1, -0.05) is 70.4 Å². The standard InChI is InChI=1S/C38H54O13/c1-8-18-46-34(43)33-31(41)30(40)32(42)35(51-33)50-28(39)13-11-12-25(48-37(45)47-19-9-2)16-17-26-23(5)14-15-24-20-22(4)21-27(29(24)26)49-36(44)38(6,7)10-3/h8-9,11,13-15,20,22-23,25-27,29-33,35,40-42H,1-2,10,12,16-19,21H2,3-7H3/b13-11+/t22-,23-,25-,26-,27-,29-,30?,31-,32?,33?,35+/m0/s1. The van der Waals surface area contributed by atoms with Crippen LogP contribution in [-0.2, 0) is 42.8 Å². The smallest absolute Gasteiger partial charge is 0.461 e. The minimum atomic E-state index is -1.87. The van der Waals surface area contributed by atoms with Crippen molar-refractivity contribution < 1.29 is 62.9 Å². The molecule has 0 aromatic carbocycles. The molecule has 13 heteroatoms. The first kappa shape index (κ1) is 41.6. The van der Waals surface area contributed by atoms with E-state index in [-0.39, 0.29) is 55.4 Å². The molecule has 3 N–H and O–H groups in total. The Hall–Kier alpha value is -3.78. The molecule has 3 aliphatic rings. The van der Waals surface area contributed by atoms with E-state index in [1.165, 1.54) is 18.2 Å². The minimum absolute atomic E-state index is 0.0506. The summed E-state index contributed by atoms with van der Waals surface area (Å²) >= 11 is 0. The molecular weight excluding hydrogens is 664 g/mol. The monoisotopic (exact) mass is 718 g/mol. The zero-order chi connectivity index (χ0) is 37.9. The summed E-state index contributed by atoms with van der Waals surface area (Å²) in [5.41, 5.74) is 0.505. The lowest BCUT2D eigenvalue weighted by molar-refractivity contribution is -0.285. The minimum Gasteiger partial charge on any atom is -0.461 e. The second-order valence-electron chi connectivity index (χ2n) is 14.0. The van der Waals surface area contributed by atoms with Crippen LogP contribution in [0.5, 0.6) is 0 Å². The Morgan fingerprint density at radius 3 is 2.37 bits per heavy atom. The SMILES string of the molecule is C=CCOC(=O)O[C@@H](C/C=C/C(=O)O[C@@H]1OC(C(=O)OCC=C)[C@@H](O)C(O)C1O)CC[C@@H]1[C@@H]2C(=C[C@H](C)C[C@@H]2OC(=O)C(C)(C)CC)C=C[C@@H]1C. The van der Waals surface area contributed by atoms with Gasteiger partial charge < -0.3 is 43.7 Å². The maximum Gasteiger partial charge on any atom is 0.508 e. The van der Waals surface area contributed by atoms with Crippen LogP contribution in [0.15, 0.2) is 61.3 Å². The van der Waals surface area contributed by atoms with E-state index >= 15 is 0 Å². The van der Waals surface area contributed by atoms with Gasteiger partial charge in [0.25, 0.3) is 0 Å². The first-order valence-corrected chi connectivity index (χ1v) is 17.5. The highest BCUT2D eigenvalue weighted by Crippen LogP contribution is 2.45. The Bertz CT molecular complexity index is 1330. The lowest BCUT2D eigenvalue weighted by atomic mass is 9.65.